The summed E-state index contributed by atoms with van der Waals surface area (Å²) in [6.07, 6.45) is 3.21. The van der Waals surface area contributed by atoms with E-state index in [-0.39, 0.29) is 17.3 Å². The maximum absolute atomic E-state index is 13.0. The van der Waals surface area contributed by atoms with Crippen LogP contribution in [0.5, 0.6) is 0 Å². The van der Waals surface area contributed by atoms with Crippen LogP contribution in [0.15, 0.2) is 42.5 Å². The van der Waals surface area contributed by atoms with Gasteiger partial charge in [-0.2, -0.15) is 0 Å². The monoisotopic (exact) mass is 409 g/mol. The van der Waals surface area contributed by atoms with Crippen LogP contribution in [0.1, 0.15) is 29.6 Å². The fourth-order valence-electron chi connectivity index (χ4n) is 3.87. The minimum Gasteiger partial charge on any atom is -0.371 e. The Morgan fingerprint density at radius 3 is 2.40 bits per heavy atom. The molecule has 0 aliphatic carbocycles. The topological polar surface area (TPSA) is 108 Å². The van der Waals surface area contributed by atoms with Crippen LogP contribution in [-0.4, -0.2) is 43.0 Å². The molecule has 2 aromatic carbocycles. The molecule has 9 nitrogen and oxygen atoms in total. The molecule has 2 heterocycles. The number of urea groups is 1. The smallest absolute Gasteiger partial charge is 0.321 e. The van der Waals surface area contributed by atoms with Crippen molar-refractivity contribution < 1.29 is 14.5 Å². The maximum Gasteiger partial charge on any atom is 0.321 e. The molecule has 0 spiro atoms. The fourth-order valence-corrected chi connectivity index (χ4v) is 3.87. The van der Waals surface area contributed by atoms with E-state index in [1.165, 1.54) is 12.1 Å². The summed E-state index contributed by atoms with van der Waals surface area (Å²) in [5, 5.41) is 16.8. The van der Waals surface area contributed by atoms with Crippen molar-refractivity contribution in [2.24, 2.45) is 0 Å². The number of rotatable bonds is 5. The average molecular weight is 409 g/mol. The van der Waals surface area contributed by atoms with Crippen LogP contribution < -0.4 is 20.4 Å². The summed E-state index contributed by atoms with van der Waals surface area (Å²) in [6.45, 7) is 2.84. The van der Waals surface area contributed by atoms with E-state index >= 15 is 0 Å². The molecule has 2 aliphatic rings. The molecule has 2 saturated heterocycles. The minimum atomic E-state index is -0.493. The Labute approximate surface area is 173 Å². The van der Waals surface area contributed by atoms with E-state index in [9.17, 15) is 19.7 Å². The molecule has 156 valence electrons. The Bertz CT molecular complexity index is 970. The van der Waals surface area contributed by atoms with Crippen LogP contribution in [-0.2, 0) is 0 Å². The van der Waals surface area contributed by atoms with E-state index in [1.807, 2.05) is 0 Å². The fraction of sp³-hybridized carbons (Fsp3) is 0.333. The number of nitrogens with one attached hydrogen (secondary N) is 2. The van der Waals surface area contributed by atoms with Crippen molar-refractivity contribution in [3.8, 4) is 0 Å². The molecule has 2 N–H and O–H groups in total. The minimum absolute atomic E-state index is 0.115. The maximum atomic E-state index is 13.0. The van der Waals surface area contributed by atoms with E-state index in [2.05, 4.69) is 15.5 Å². The second-order valence-electron chi connectivity index (χ2n) is 7.39. The summed E-state index contributed by atoms with van der Waals surface area (Å²) < 4.78 is 0. The second-order valence-corrected chi connectivity index (χ2v) is 7.39. The van der Waals surface area contributed by atoms with Gasteiger partial charge in [0.25, 0.3) is 11.6 Å². The first-order valence-corrected chi connectivity index (χ1v) is 10.0. The molecule has 0 atom stereocenters. The lowest BCUT2D eigenvalue weighted by atomic mass is 10.1. The van der Waals surface area contributed by atoms with Crippen molar-refractivity contribution in [1.29, 1.82) is 0 Å². The van der Waals surface area contributed by atoms with Gasteiger partial charge < -0.3 is 15.5 Å². The normalized spacial score (nSPS) is 16.3. The summed E-state index contributed by atoms with van der Waals surface area (Å²) in [5.74, 6) is -0.397. The summed E-state index contributed by atoms with van der Waals surface area (Å²) in [4.78, 5) is 39.3. The molecule has 0 aromatic heterocycles. The van der Waals surface area contributed by atoms with Gasteiger partial charge in [-0.15, -0.1) is 0 Å². The van der Waals surface area contributed by atoms with E-state index in [1.54, 1.807) is 35.2 Å². The molecule has 3 amide bonds. The Hall–Kier alpha value is -3.62. The van der Waals surface area contributed by atoms with Crippen molar-refractivity contribution in [3.63, 3.8) is 0 Å². The number of carbonyl (C=O) groups excluding carboxylic acids is 2. The third-order valence-corrected chi connectivity index (χ3v) is 5.43. The van der Waals surface area contributed by atoms with Crippen LogP contribution in [0, 0.1) is 10.1 Å². The zero-order valence-electron chi connectivity index (χ0n) is 16.5. The first-order chi connectivity index (χ1) is 14.5. The molecule has 9 heteroatoms. The molecule has 0 saturated carbocycles. The molecular formula is C21H23N5O4. The Balaban J connectivity index is 1.56. The highest BCUT2D eigenvalue weighted by Crippen LogP contribution is 2.29. The van der Waals surface area contributed by atoms with Gasteiger partial charge in [0, 0.05) is 49.7 Å². The molecule has 0 radical (unpaired) electrons. The zero-order valence-corrected chi connectivity index (χ0v) is 16.5. The number of nitro benzene ring substituents is 1. The Morgan fingerprint density at radius 2 is 1.77 bits per heavy atom. The highest BCUT2D eigenvalue weighted by molar-refractivity contribution is 6.08. The zero-order chi connectivity index (χ0) is 21.1. The standard InChI is InChI=1S/C21H23N5O4/c27-20(23-15-4-6-16(7-5-15)25-13-10-22-21(25)28)18-14-17(26(29)30)8-9-19(18)24-11-2-1-3-12-24/h4-9,14H,1-3,10-13H2,(H,22,28)(H,23,27). The Kier molecular flexibility index (Phi) is 5.51. The molecule has 0 bridgehead atoms. The van der Waals surface area contributed by atoms with E-state index in [4.69, 9.17) is 0 Å². The van der Waals surface area contributed by atoms with Crippen LogP contribution >= 0.6 is 0 Å². The van der Waals surface area contributed by atoms with Crippen molar-refractivity contribution in [2.75, 3.05) is 41.3 Å². The molecule has 2 aromatic rings. The van der Waals surface area contributed by atoms with Crippen LogP contribution in [0.2, 0.25) is 0 Å². The van der Waals surface area contributed by atoms with Crippen molar-refractivity contribution in [1.82, 2.24) is 5.32 Å². The number of benzene rings is 2. The lowest BCUT2D eigenvalue weighted by molar-refractivity contribution is -0.384. The first kappa shape index (κ1) is 19.7. The Morgan fingerprint density at radius 1 is 1.03 bits per heavy atom. The SMILES string of the molecule is O=C(Nc1ccc(N2CCNC2=O)cc1)c1cc([N+](=O)[O-])ccc1N1CCCCC1. The third-order valence-electron chi connectivity index (χ3n) is 5.43. The molecule has 2 aliphatic heterocycles. The summed E-state index contributed by atoms with van der Waals surface area (Å²) in [6, 6.07) is 11.3. The lowest BCUT2D eigenvalue weighted by Crippen LogP contribution is -2.31. The summed E-state index contributed by atoms with van der Waals surface area (Å²) in [7, 11) is 0. The van der Waals surface area contributed by atoms with Gasteiger partial charge in [-0.3, -0.25) is 19.8 Å². The molecule has 4 rings (SSSR count). The van der Waals surface area contributed by atoms with Crippen molar-refractivity contribution >= 4 is 34.7 Å². The number of anilines is 3. The van der Waals surface area contributed by atoms with Gasteiger partial charge in [-0.25, -0.2) is 4.79 Å². The highest BCUT2D eigenvalue weighted by atomic mass is 16.6. The first-order valence-electron chi connectivity index (χ1n) is 10.0. The predicted molar refractivity (Wildman–Crippen MR) is 114 cm³/mol. The number of carbonyl (C=O) groups is 2. The number of amides is 3. The number of piperidine rings is 1. The van der Waals surface area contributed by atoms with Gasteiger partial charge in [0.05, 0.1) is 16.2 Å². The highest BCUT2D eigenvalue weighted by Gasteiger charge is 2.23. The van der Waals surface area contributed by atoms with Crippen LogP contribution in [0.4, 0.5) is 27.5 Å². The van der Waals surface area contributed by atoms with Gasteiger partial charge >= 0.3 is 6.03 Å². The summed E-state index contributed by atoms with van der Waals surface area (Å²) in [5.41, 5.74) is 2.18. The number of nitro groups is 1. The largest absolute Gasteiger partial charge is 0.371 e. The quantitative estimate of drug-likeness (QED) is 0.581. The summed E-state index contributed by atoms with van der Waals surface area (Å²) >= 11 is 0. The lowest BCUT2D eigenvalue weighted by Gasteiger charge is -2.30. The molecular weight excluding hydrogens is 386 g/mol. The van der Waals surface area contributed by atoms with Crippen molar-refractivity contribution in [3.05, 3.63) is 58.1 Å². The van der Waals surface area contributed by atoms with Gasteiger partial charge in [-0.05, 0) is 49.6 Å². The van der Waals surface area contributed by atoms with Gasteiger partial charge in [0.15, 0.2) is 0 Å². The van der Waals surface area contributed by atoms with E-state index in [0.717, 1.165) is 38.0 Å². The molecule has 30 heavy (non-hydrogen) atoms. The second kappa shape index (κ2) is 8.40. The molecule has 0 unspecified atom stereocenters. The molecule has 2 fully saturated rings. The predicted octanol–water partition coefficient (Wildman–Crippen LogP) is 3.37. The number of non-ortho nitro benzene ring substituents is 1. The van der Waals surface area contributed by atoms with E-state index < -0.39 is 10.8 Å². The number of hydrogen-bond acceptors (Lipinski definition) is 5. The number of hydrogen-bond donors (Lipinski definition) is 2. The third kappa shape index (κ3) is 4.05. The van der Waals surface area contributed by atoms with Crippen LogP contribution in [0.3, 0.4) is 0 Å². The van der Waals surface area contributed by atoms with Crippen LogP contribution in [0.25, 0.3) is 0 Å². The average Bonchev–Trinajstić information content (AvgIpc) is 3.20. The van der Waals surface area contributed by atoms with Gasteiger partial charge in [0.2, 0.25) is 0 Å². The van der Waals surface area contributed by atoms with Gasteiger partial charge in [0.1, 0.15) is 0 Å². The van der Waals surface area contributed by atoms with Crippen molar-refractivity contribution in [2.45, 2.75) is 19.3 Å². The number of nitrogens with zero attached hydrogens (tertiary/aromatic N) is 3. The van der Waals surface area contributed by atoms with Gasteiger partial charge in [-0.1, -0.05) is 0 Å². The van der Waals surface area contributed by atoms with E-state index in [0.29, 0.717) is 24.5 Å².